The van der Waals surface area contributed by atoms with Crippen molar-refractivity contribution in [1.29, 1.82) is 0 Å². The molecule has 4 aromatic rings. The van der Waals surface area contributed by atoms with Gasteiger partial charge >= 0.3 is 0 Å². The third kappa shape index (κ3) is 4.20. The molecule has 0 aliphatic heterocycles. The monoisotopic (exact) mass is 421 g/mol. The molecule has 0 fully saturated rings. The highest BCUT2D eigenvalue weighted by atomic mass is 32.2. The van der Waals surface area contributed by atoms with E-state index in [1.807, 2.05) is 51.6 Å². The van der Waals surface area contributed by atoms with Crippen molar-refractivity contribution in [1.82, 2.24) is 34.7 Å². The summed E-state index contributed by atoms with van der Waals surface area (Å²) in [5.41, 5.74) is 3.01. The van der Waals surface area contributed by atoms with Gasteiger partial charge < -0.3 is 9.88 Å². The third-order valence-corrected chi connectivity index (χ3v) is 5.77. The molecular weight excluding hydrogens is 398 g/mol. The van der Waals surface area contributed by atoms with Crippen molar-refractivity contribution in [3.63, 3.8) is 0 Å². The number of benzene rings is 1. The van der Waals surface area contributed by atoms with Crippen molar-refractivity contribution in [2.45, 2.75) is 32.0 Å². The smallest absolute Gasteiger partial charge is 0.230 e. The molecule has 0 atom stereocenters. The van der Waals surface area contributed by atoms with E-state index >= 15 is 0 Å². The molecule has 154 valence electrons. The van der Waals surface area contributed by atoms with Crippen LogP contribution in [0.5, 0.6) is 0 Å². The lowest BCUT2D eigenvalue weighted by atomic mass is 10.1. The zero-order valence-electron chi connectivity index (χ0n) is 16.9. The SMILES string of the molecule is CCn1c(SCC(=O)NCCc2nnc3ccccn23)nnc1-c1ccccc1C. The first kappa shape index (κ1) is 20.1. The van der Waals surface area contributed by atoms with Crippen LogP contribution >= 0.6 is 11.8 Å². The van der Waals surface area contributed by atoms with Gasteiger partial charge in [0.1, 0.15) is 5.82 Å². The number of pyridine rings is 1. The summed E-state index contributed by atoms with van der Waals surface area (Å²) in [6.45, 7) is 5.35. The Labute approximate surface area is 178 Å². The summed E-state index contributed by atoms with van der Waals surface area (Å²) in [5, 5.41) is 20.7. The van der Waals surface area contributed by atoms with Gasteiger partial charge in [-0.25, -0.2) is 0 Å². The summed E-state index contributed by atoms with van der Waals surface area (Å²) < 4.78 is 3.97. The Bertz CT molecular complexity index is 1170. The molecule has 4 rings (SSSR count). The zero-order valence-corrected chi connectivity index (χ0v) is 17.8. The fourth-order valence-corrected chi connectivity index (χ4v) is 4.09. The molecule has 0 saturated heterocycles. The lowest BCUT2D eigenvalue weighted by Crippen LogP contribution is -2.27. The van der Waals surface area contributed by atoms with E-state index in [4.69, 9.17) is 0 Å². The molecule has 0 saturated carbocycles. The number of amides is 1. The van der Waals surface area contributed by atoms with Crippen LogP contribution in [0.3, 0.4) is 0 Å². The average Bonchev–Trinajstić information content (AvgIpc) is 3.36. The second kappa shape index (κ2) is 9.08. The minimum atomic E-state index is -0.0445. The largest absolute Gasteiger partial charge is 0.355 e. The van der Waals surface area contributed by atoms with Crippen LogP contribution in [0.4, 0.5) is 0 Å². The number of hydrogen-bond acceptors (Lipinski definition) is 6. The van der Waals surface area contributed by atoms with Gasteiger partial charge in [0.15, 0.2) is 16.6 Å². The van der Waals surface area contributed by atoms with Crippen LogP contribution in [0.2, 0.25) is 0 Å². The number of nitrogens with zero attached hydrogens (tertiary/aromatic N) is 6. The Morgan fingerprint density at radius 3 is 2.73 bits per heavy atom. The van der Waals surface area contributed by atoms with Crippen LogP contribution in [0.15, 0.2) is 53.8 Å². The van der Waals surface area contributed by atoms with Crippen LogP contribution in [0.25, 0.3) is 17.0 Å². The summed E-state index contributed by atoms with van der Waals surface area (Å²) in [6, 6.07) is 13.9. The van der Waals surface area contributed by atoms with Crippen molar-refractivity contribution in [3.8, 4) is 11.4 Å². The van der Waals surface area contributed by atoms with Crippen molar-refractivity contribution in [3.05, 3.63) is 60.0 Å². The molecule has 1 amide bonds. The van der Waals surface area contributed by atoms with Gasteiger partial charge in [0.25, 0.3) is 0 Å². The number of carbonyl (C=O) groups is 1. The molecule has 1 N–H and O–H groups in total. The maximum absolute atomic E-state index is 12.3. The van der Waals surface area contributed by atoms with Crippen LogP contribution in [0.1, 0.15) is 18.3 Å². The molecule has 0 radical (unpaired) electrons. The number of carbonyl (C=O) groups excluding carboxylic acids is 1. The Balaban J connectivity index is 1.33. The van der Waals surface area contributed by atoms with Crippen LogP contribution in [0, 0.1) is 6.92 Å². The van der Waals surface area contributed by atoms with Crippen molar-refractivity contribution < 1.29 is 4.79 Å². The van der Waals surface area contributed by atoms with E-state index in [-0.39, 0.29) is 11.7 Å². The first-order valence-electron chi connectivity index (χ1n) is 9.84. The normalized spacial score (nSPS) is 11.1. The van der Waals surface area contributed by atoms with Gasteiger partial charge in [-0.3, -0.25) is 9.20 Å². The van der Waals surface area contributed by atoms with E-state index < -0.39 is 0 Å². The number of hydrogen-bond donors (Lipinski definition) is 1. The zero-order chi connectivity index (χ0) is 20.9. The van der Waals surface area contributed by atoms with Crippen molar-refractivity contribution in [2.24, 2.45) is 0 Å². The van der Waals surface area contributed by atoms with E-state index in [1.165, 1.54) is 11.8 Å². The van der Waals surface area contributed by atoms with Crippen LogP contribution in [-0.2, 0) is 17.8 Å². The molecule has 9 heteroatoms. The first-order chi connectivity index (χ1) is 14.7. The second-order valence-electron chi connectivity index (χ2n) is 6.80. The van der Waals surface area contributed by atoms with Crippen molar-refractivity contribution in [2.75, 3.05) is 12.3 Å². The molecule has 1 aromatic carbocycles. The Morgan fingerprint density at radius 2 is 1.90 bits per heavy atom. The fourth-order valence-electron chi connectivity index (χ4n) is 3.26. The van der Waals surface area contributed by atoms with E-state index in [9.17, 15) is 4.79 Å². The van der Waals surface area contributed by atoms with E-state index in [0.29, 0.717) is 13.0 Å². The Hall–Kier alpha value is -3.20. The lowest BCUT2D eigenvalue weighted by molar-refractivity contribution is -0.118. The van der Waals surface area contributed by atoms with Gasteiger partial charge in [0.05, 0.1) is 5.75 Å². The lowest BCUT2D eigenvalue weighted by Gasteiger charge is -2.09. The number of fused-ring (bicyclic) bond motifs is 1. The number of aryl methyl sites for hydroxylation is 1. The molecule has 0 unspecified atom stereocenters. The van der Waals surface area contributed by atoms with Crippen LogP contribution in [-0.4, -0.2) is 47.6 Å². The standard InChI is InChI=1S/C21H23N7OS/c1-3-27-20(16-9-5-4-8-15(16)2)25-26-21(27)30-14-19(29)22-12-11-18-24-23-17-10-6-7-13-28(17)18/h4-10,13H,3,11-12,14H2,1-2H3,(H,22,29). The predicted molar refractivity (Wildman–Crippen MR) is 116 cm³/mol. The Morgan fingerprint density at radius 1 is 1.07 bits per heavy atom. The molecular formula is C21H23N7OS. The molecule has 30 heavy (non-hydrogen) atoms. The number of thioether (sulfide) groups is 1. The minimum Gasteiger partial charge on any atom is -0.355 e. The van der Waals surface area contributed by atoms with Crippen LogP contribution < -0.4 is 5.32 Å². The fraction of sp³-hybridized carbons (Fsp3) is 0.286. The molecule has 3 heterocycles. The van der Waals surface area contributed by atoms with Gasteiger partial charge in [-0.15, -0.1) is 20.4 Å². The highest BCUT2D eigenvalue weighted by Gasteiger charge is 2.15. The summed E-state index contributed by atoms with van der Waals surface area (Å²) >= 11 is 1.40. The summed E-state index contributed by atoms with van der Waals surface area (Å²) in [4.78, 5) is 12.3. The highest BCUT2D eigenvalue weighted by molar-refractivity contribution is 7.99. The number of aromatic nitrogens is 6. The molecule has 0 spiro atoms. The van der Waals surface area contributed by atoms with E-state index in [1.54, 1.807) is 0 Å². The molecule has 0 aliphatic rings. The molecule has 0 aliphatic carbocycles. The summed E-state index contributed by atoms with van der Waals surface area (Å²) in [5.74, 6) is 1.90. The topological polar surface area (TPSA) is 90.0 Å². The molecule has 0 bridgehead atoms. The first-order valence-corrected chi connectivity index (χ1v) is 10.8. The summed E-state index contributed by atoms with van der Waals surface area (Å²) in [6.07, 6.45) is 2.54. The second-order valence-corrected chi connectivity index (χ2v) is 7.74. The van der Waals surface area contributed by atoms with E-state index in [0.717, 1.165) is 40.1 Å². The summed E-state index contributed by atoms with van der Waals surface area (Å²) in [7, 11) is 0. The van der Waals surface area contributed by atoms with Gasteiger partial charge in [-0.05, 0) is 31.5 Å². The van der Waals surface area contributed by atoms with Crippen molar-refractivity contribution >= 4 is 23.3 Å². The highest BCUT2D eigenvalue weighted by Crippen LogP contribution is 2.26. The number of rotatable bonds is 8. The van der Waals surface area contributed by atoms with Gasteiger partial charge in [0, 0.05) is 31.3 Å². The quantitative estimate of drug-likeness (QED) is 0.440. The average molecular weight is 422 g/mol. The third-order valence-electron chi connectivity index (χ3n) is 4.81. The maximum Gasteiger partial charge on any atom is 0.230 e. The maximum atomic E-state index is 12.3. The molecule has 8 nitrogen and oxygen atoms in total. The van der Waals surface area contributed by atoms with Gasteiger partial charge in [-0.1, -0.05) is 42.1 Å². The Kier molecular flexibility index (Phi) is 6.08. The van der Waals surface area contributed by atoms with Gasteiger partial charge in [0.2, 0.25) is 5.91 Å². The van der Waals surface area contributed by atoms with E-state index in [2.05, 4.69) is 45.6 Å². The predicted octanol–water partition coefficient (Wildman–Crippen LogP) is 2.77. The number of nitrogens with one attached hydrogen (secondary N) is 1. The van der Waals surface area contributed by atoms with Gasteiger partial charge in [-0.2, -0.15) is 0 Å². The molecule has 3 aromatic heterocycles. The minimum absolute atomic E-state index is 0.0445.